The van der Waals surface area contributed by atoms with Crippen LogP contribution in [0.4, 0.5) is 5.69 Å². The molecule has 1 aliphatic heterocycles. The summed E-state index contributed by atoms with van der Waals surface area (Å²) in [5.41, 5.74) is 2.49. The molecule has 1 aromatic heterocycles. The Morgan fingerprint density at radius 2 is 2.25 bits per heavy atom. The summed E-state index contributed by atoms with van der Waals surface area (Å²) in [6.07, 6.45) is 5.18. The van der Waals surface area contributed by atoms with Gasteiger partial charge in [-0.2, -0.15) is 0 Å². The van der Waals surface area contributed by atoms with Gasteiger partial charge in [0, 0.05) is 5.38 Å². The van der Waals surface area contributed by atoms with E-state index >= 15 is 0 Å². The number of anilines is 1. The third-order valence-corrected chi connectivity index (χ3v) is 4.32. The summed E-state index contributed by atoms with van der Waals surface area (Å²) in [6.45, 7) is 2.13. The van der Waals surface area contributed by atoms with Gasteiger partial charge in [-0.3, -0.25) is 0 Å². The molecule has 16 heavy (non-hydrogen) atoms. The van der Waals surface area contributed by atoms with E-state index in [1.54, 1.807) is 11.3 Å². The fourth-order valence-corrected chi connectivity index (χ4v) is 3.28. The third-order valence-electron chi connectivity index (χ3n) is 3.46. The van der Waals surface area contributed by atoms with Crippen LogP contribution in [0.5, 0.6) is 0 Å². The Bertz CT molecular complexity index is 410. The average Bonchev–Trinajstić information content (AvgIpc) is 2.85. The van der Waals surface area contributed by atoms with E-state index in [4.69, 9.17) is 4.99 Å². The van der Waals surface area contributed by atoms with E-state index in [0.29, 0.717) is 12.1 Å². The number of rotatable bonds is 1. The summed E-state index contributed by atoms with van der Waals surface area (Å²) in [4.78, 5) is 4.73. The lowest BCUT2D eigenvalue weighted by atomic mass is 9.92. The van der Waals surface area contributed by atoms with Crippen molar-refractivity contribution in [3.63, 3.8) is 0 Å². The molecule has 1 saturated carbocycles. The van der Waals surface area contributed by atoms with Gasteiger partial charge in [-0.25, -0.2) is 4.99 Å². The quantitative estimate of drug-likeness (QED) is 0.785. The van der Waals surface area contributed by atoms with Crippen LogP contribution in [0, 0.1) is 6.92 Å². The molecule has 0 unspecified atom stereocenters. The Labute approximate surface area is 100.0 Å². The summed E-state index contributed by atoms with van der Waals surface area (Å²) < 4.78 is 0. The van der Waals surface area contributed by atoms with Gasteiger partial charge in [0.05, 0.1) is 17.8 Å². The van der Waals surface area contributed by atoms with Gasteiger partial charge >= 0.3 is 0 Å². The zero-order valence-corrected chi connectivity index (χ0v) is 10.3. The standard InChI is InChI=1S/C12H17N3S/c1-8-6-16-7-11(8)15-12-13-9-4-2-3-5-10(9)14-12/h6-7,9-10H,2-5H2,1H3,(H2,13,14,15)/t9-,10-/m1/s1. The Kier molecular flexibility index (Phi) is 2.59. The van der Waals surface area contributed by atoms with E-state index in [1.165, 1.54) is 36.9 Å². The largest absolute Gasteiger partial charge is 0.351 e. The Hall–Kier alpha value is -1.03. The average molecular weight is 235 g/mol. The van der Waals surface area contributed by atoms with Crippen LogP contribution in [-0.2, 0) is 0 Å². The minimum atomic E-state index is 0.509. The van der Waals surface area contributed by atoms with Crippen molar-refractivity contribution >= 4 is 23.0 Å². The molecule has 4 heteroatoms. The van der Waals surface area contributed by atoms with Crippen LogP contribution >= 0.6 is 11.3 Å². The van der Waals surface area contributed by atoms with Crippen molar-refractivity contribution in [2.75, 3.05) is 5.32 Å². The first-order valence-corrected chi connectivity index (χ1v) is 6.91. The normalized spacial score (nSPS) is 28.2. The smallest absolute Gasteiger partial charge is 0.196 e. The molecule has 0 spiro atoms. The van der Waals surface area contributed by atoms with Crippen LogP contribution < -0.4 is 10.6 Å². The number of nitrogens with one attached hydrogen (secondary N) is 2. The molecule has 3 nitrogen and oxygen atoms in total. The molecule has 86 valence electrons. The van der Waals surface area contributed by atoms with Crippen molar-refractivity contribution in [1.82, 2.24) is 5.32 Å². The van der Waals surface area contributed by atoms with E-state index < -0.39 is 0 Å². The number of hydrogen-bond donors (Lipinski definition) is 2. The Morgan fingerprint density at radius 1 is 1.38 bits per heavy atom. The van der Waals surface area contributed by atoms with E-state index in [2.05, 4.69) is 28.3 Å². The molecule has 0 saturated heterocycles. The number of thiophene rings is 1. The molecule has 0 radical (unpaired) electrons. The summed E-state index contributed by atoms with van der Waals surface area (Å²) in [7, 11) is 0. The van der Waals surface area contributed by atoms with Gasteiger partial charge in [0.1, 0.15) is 0 Å². The lowest BCUT2D eigenvalue weighted by molar-refractivity contribution is 0.384. The van der Waals surface area contributed by atoms with Crippen molar-refractivity contribution in [1.29, 1.82) is 0 Å². The highest BCUT2D eigenvalue weighted by Crippen LogP contribution is 2.26. The third kappa shape index (κ3) is 1.82. The van der Waals surface area contributed by atoms with E-state index in [-0.39, 0.29) is 0 Å². The molecule has 2 aliphatic rings. The van der Waals surface area contributed by atoms with Gasteiger partial charge in [-0.05, 0) is 30.7 Å². The summed E-state index contributed by atoms with van der Waals surface area (Å²) >= 11 is 1.73. The van der Waals surface area contributed by atoms with Crippen LogP contribution in [0.2, 0.25) is 0 Å². The topological polar surface area (TPSA) is 36.4 Å². The second-order valence-electron chi connectivity index (χ2n) is 4.67. The molecule has 0 aromatic carbocycles. The molecule has 0 amide bonds. The number of aliphatic imine (C=N–C) groups is 1. The first-order valence-electron chi connectivity index (χ1n) is 5.97. The maximum Gasteiger partial charge on any atom is 0.196 e. The minimum Gasteiger partial charge on any atom is -0.351 e. The molecule has 2 heterocycles. The lowest BCUT2D eigenvalue weighted by Gasteiger charge is -2.23. The van der Waals surface area contributed by atoms with Crippen molar-refractivity contribution in [3.05, 3.63) is 16.3 Å². The minimum absolute atomic E-state index is 0.509. The monoisotopic (exact) mass is 235 g/mol. The van der Waals surface area contributed by atoms with Gasteiger partial charge in [0.25, 0.3) is 0 Å². The highest BCUT2D eigenvalue weighted by molar-refractivity contribution is 7.08. The number of hydrogen-bond acceptors (Lipinski definition) is 4. The molecule has 1 aliphatic carbocycles. The van der Waals surface area contributed by atoms with E-state index in [1.807, 2.05) is 0 Å². The first kappa shape index (κ1) is 10.1. The number of fused-ring (bicyclic) bond motifs is 1. The predicted octanol–water partition coefficient (Wildman–Crippen LogP) is 2.74. The molecule has 2 atom stereocenters. The van der Waals surface area contributed by atoms with Gasteiger partial charge < -0.3 is 10.6 Å². The molecule has 2 N–H and O–H groups in total. The van der Waals surface area contributed by atoms with Gasteiger partial charge in [-0.1, -0.05) is 12.8 Å². The van der Waals surface area contributed by atoms with Crippen molar-refractivity contribution in [3.8, 4) is 0 Å². The van der Waals surface area contributed by atoms with Crippen LogP contribution in [0.25, 0.3) is 0 Å². The van der Waals surface area contributed by atoms with Crippen molar-refractivity contribution in [2.45, 2.75) is 44.7 Å². The van der Waals surface area contributed by atoms with Crippen LogP contribution in [-0.4, -0.2) is 18.0 Å². The second-order valence-corrected chi connectivity index (χ2v) is 5.42. The van der Waals surface area contributed by atoms with Crippen LogP contribution in [0.1, 0.15) is 31.2 Å². The highest BCUT2D eigenvalue weighted by Gasteiger charge is 2.30. The SMILES string of the molecule is Cc1cscc1NC1=N[C@@H]2CCCC[C@H]2N1. The van der Waals surface area contributed by atoms with Crippen LogP contribution in [0.15, 0.2) is 15.8 Å². The lowest BCUT2D eigenvalue weighted by Crippen LogP contribution is -2.38. The van der Waals surface area contributed by atoms with Crippen molar-refractivity contribution in [2.24, 2.45) is 4.99 Å². The molecule has 0 bridgehead atoms. The number of aryl methyl sites for hydroxylation is 1. The Morgan fingerprint density at radius 3 is 3.00 bits per heavy atom. The summed E-state index contributed by atoms with van der Waals surface area (Å²) in [5, 5.41) is 11.2. The highest BCUT2D eigenvalue weighted by atomic mass is 32.1. The fourth-order valence-electron chi connectivity index (χ4n) is 2.50. The maximum atomic E-state index is 4.73. The molecule has 1 aromatic rings. The van der Waals surface area contributed by atoms with Gasteiger partial charge in [0.15, 0.2) is 5.96 Å². The molecular formula is C12H17N3S. The Balaban J connectivity index is 1.71. The van der Waals surface area contributed by atoms with E-state index in [9.17, 15) is 0 Å². The summed E-state index contributed by atoms with van der Waals surface area (Å²) in [5.74, 6) is 0.971. The molecule has 3 rings (SSSR count). The van der Waals surface area contributed by atoms with E-state index in [0.717, 1.165) is 5.96 Å². The molecule has 1 fully saturated rings. The maximum absolute atomic E-state index is 4.73. The summed E-state index contributed by atoms with van der Waals surface area (Å²) in [6, 6.07) is 1.09. The predicted molar refractivity (Wildman–Crippen MR) is 69.3 cm³/mol. The number of guanidine groups is 1. The molecular weight excluding hydrogens is 218 g/mol. The van der Waals surface area contributed by atoms with Gasteiger partial charge in [-0.15, -0.1) is 11.3 Å². The van der Waals surface area contributed by atoms with Gasteiger partial charge in [0.2, 0.25) is 0 Å². The van der Waals surface area contributed by atoms with Crippen LogP contribution in [0.3, 0.4) is 0 Å². The zero-order chi connectivity index (χ0) is 11.0. The first-order chi connectivity index (χ1) is 7.83. The zero-order valence-electron chi connectivity index (χ0n) is 9.49. The number of nitrogens with zero attached hydrogens (tertiary/aromatic N) is 1. The second kappa shape index (κ2) is 4.09. The van der Waals surface area contributed by atoms with Crippen molar-refractivity contribution < 1.29 is 0 Å². The fraction of sp³-hybridized carbons (Fsp3) is 0.583.